The van der Waals surface area contributed by atoms with E-state index in [0.29, 0.717) is 26.2 Å². The third-order valence-electron chi connectivity index (χ3n) is 3.80. The second-order valence-corrected chi connectivity index (χ2v) is 6.03. The summed E-state index contributed by atoms with van der Waals surface area (Å²) in [5.74, 6) is -0.404. The summed E-state index contributed by atoms with van der Waals surface area (Å²) in [6, 6.07) is 9.79. The Hall–Kier alpha value is -1.88. The Balaban J connectivity index is 2.68. The van der Waals surface area contributed by atoms with Crippen LogP contribution in [0, 0.1) is 5.41 Å². The van der Waals surface area contributed by atoms with Gasteiger partial charge < -0.3 is 15.0 Å². The molecule has 0 aromatic heterocycles. The number of benzene rings is 1. The summed E-state index contributed by atoms with van der Waals surface area (Å²) >= 11 is 0. The topological polar surface area (TPSA) is 58.6 Å². The molecule has 1 rings (SSSR count). The molecule has 0 saturated heterocycles. The number of ether oxygens (including phenoxy) is 1. The van der Waals surface area contributed by atoms with Gasteiger partial charge in [0.05, 0.1) is 0 Å². The summed E-state index contributed by atoms with van der Waals surface area (Å²) in [6.45, 7) is 7.44. The largest absolute Gasteiger partial charge is 0.385 e. The molecule has 23 heavy (non-hydrogen) atoms. The molecule has 0 heterocycles. The number of hydrogen-bond acceptors (Lipinski definition) is 3. The zero-order chi connectivity index (χ0) is 17.3. The van der Waals surface area contributed by atoms with Crippen LogP contribution in [0.3, 0.4) is 0 Å². The molecule has 1 aromatic rings. The molecule has 0 atom stereocenters. The number of carbonyl (C=O) groups is 2. The Labute approximate surface area is 139 Å². The number of nitrogens with one attached hydrogen (secondary N) is 1. The minimum Gasteiger partial charge on any atom is -0.385 e. The Morgan fingerprint density at radius 1 is 1.22 bits per heavy atom. The Kier molecular flexibility index (Phi) is 7.75. The van der Waals surface area contributed by atoms with Crippen molar-refractivity contribution in [1.82, 2.24) is 10.2 Å². The van der Waals surface area contributed by atoms with Crippen molar-refractivity contribution in [2.75, 3.05) is 26.8 Å². The van der Waals surface area contributed by atoms with E-state index in [1.54, 1.807) is 25.9 Å². The van der Waals surface area contributed by atoms with E-state index in [9.17, 15) is 9.59 Å². The van der Waals surface area contributed by atoms with Crippen molar-refractivity contribution in [2.24, 2.45) is 5.41 Å². The minimum absolute atomic E-state index is 0.159. The van der Waals surface area contributed by atoms with Gasteiger partial charge in [0.15, 0.2) is 0 Å². The number of carbonyl (C=O) groups excluding carboxylic acids is 2. The number of rotatable bonds is 9. The fraction of sp³-hybridized carbons (Fsp3) is 0.556. The quantitative estimate of drug-likeness (QED) is 0.560. The van der Waals surface area contributed by atoms with Gasteiger partial charge >= 0.3 is 0 Å². The van der Waals surface area contributed by atoms with Gasteiger partial charge in [-0.05, 0) is 32.8 Å². The highest BCUT2D eigenvalue weighted by molar-refractivity contribution is 6.04. The lowest BCUT2D eigenvalue weighted by Crippen LogP contribution is -2.49. The molecule has 0 radical (unpaired) electrons. The SMILES string of the molecule is CCN(Cc1ccccc1)C(=O)C(C)(C)C(=O)NCCCOC. The van der Waals surface area contributed by atoms with Gasteiger partial charge in [-0.3, -0.25) is 9.59 Å². The molecule has 0 fully saturated rings. The van der Waals surface area contributed by atoms with Gasteiger partial charge in [0, 0.05) is 33.4 Å². The normalized spacial score (nSPS) is 11.1. The first-order chi connectivity index (χ1) is 10.9. The van der Waals surface area contributed by atoms with E-state index in [4.69, 9.17) is 4.74 Å². The first-order valence-corrected chi connectivity index (χ1v) is 8.04. The van der Waals surface area contributed by atoms with Crippen molar-refractivity contribution >= 4 is 11.8 Å². The van der Waals surface area contributed by atoms with Gasteiger partial charge in [-0.25, -0.2) is 0 Å². The maximum absolute atomic E-state index is 12.8. The molecular formula is C18H28N2O3. The molecule has 1 aromatic carbocycles. The second kappa shape index (κ2) is 9.30. The van der Waals surface area contributed by atoms with Gasteiger partial charge in [0.2, 0.25) is 11.8 Å². The van der Waals surface area contributed by atoms with E-state index < -0.39 is 5.41 Å². The molecule has 2 amide bonds. The highest BCUT2D eigenvalue weighted by Gasteiger charge is 2.38. The molecule has 0 aliphatic heterocycles. The molecule has 0 spiro atoms. The Bertz CT molecular complexity index is 500. The molecule has 0 bridgehead atoms. The minimum atomic E-state index is -1.09. The molecule has 1 N–H and O–H groups in total. The fourth-order valence-corrected chi connectivity index (χ4v) is 2.26. The number of hydrogen-bond donors (Lipinski definition) is 1. The molecule has 0 aliphatic carbocycles. The zero-order valence-corrected chi connectivity index (χ0v) is 14.6. The van der Waals surface area contributed by atoms with Crippen molar-refractivity contribution in [2.45, 2.75) is 33.7 Å². The number of methoxy groups -OCH3 is 1. The third-order valence-corrected chi connectivity index (χ3v) is 3.80. The highest BCUT2D eigenvalue weighted by Crippen LogP contribution is 2.21. The van der Waals surface area contributed by atoms with Crippen LogP contribution < -0.4 is 5.32 Å². The van der Waals surface area contributed by atoms with Crippen LogP contribution in [0.1, 0.15) is 32.8 Å². The van der Waals surface area contributed by atoms with E-state index >= 15 is 0 Å². The van der Waals surface area contributed by atoms with Crippen LogP contribution in [0.4, 0.5) is 0 Å². The van der Waals surface area contributed by atoms with E-state index in [1.165, 1.54) is 0 Å². The van der Waals surface area contributed by atoms with Crippen LogP contribution in [0.15, 0.2) is 30.3 Å². The van der Waals surface area contributed by atoms with Gasteiger partial charge in [-0.15, -0.1) is 0 Å². The van der Waals surface area contributed by atoms with Crippen molar-refractivity contribution in [3.8, 4) is 0 Å². The van der Waals surface area contributed by atoms with E-state index in [2.05, 4.69) is 5.32 Å². The van der Waals surface area contributed by atoms with E-state index in [0.717, 1.165) is 12.0 Å². The summed E-state index contributed by atoms with van der Waals surface area (Å²) in [5.41, 5.74) is -0.0308. The summed E-state index contributed by atoms with van der Waals surface area (Å²) in [7, 11) is 1.62. The molecule has 5 nitrogen and oxygen atoms in total. The fourth-order valence-electron chi connectivity index (χ4n) is 2.26. The van der Waals surface area contributed by atoms with Crippen LogP contribution >= 0.6 is 0 Å². The zero-order valence-electron chi connectivity index (χ0n) is 14.6. The van der Waals surface area contributed by atoms with E-state index in [1.807, 2.05) is 37.3 Å². The number of amides is 2. The molecule has 128 valence electrons. The monoisotopic (exact) mass is 320 g/mol. The van der Waals surface area contributed by atoms with Gasteiger partial charge in [-0.1, -0.05) is 30.3 Å². The predicted octanol–water partition coefficient (Wildman–Crippen LogP) is 2.21. The smallest absolute Gasteiger partial charge is 0.237 e. The average molecular weight is 320 g/mol. The van der Waals surface area contributed by atoms with Gasteiger partial charge in [-0.2, -0.15) is 0 Å². The Morgan fingerprint density at radius 2 is 1.87 bits per heavy atom. The lowest BCUT2D eigenvalue weighted by Gasteiger charge is -2.30. The van der Waals surface area contributed by atoms with E-state index in [-0.39, 0.29) is 11.8 Å². The third kappa shape index (κ3) is 5.67. The first kappa shape index (κ1) is 19.2. The predicted molar refractivity (Wildman–Crippen MR) is 90.8 cm³/mol. The average Bonchev–Trinajstić information content (AvgIpc) is 2.56. The summed E-state index contributed by atoms with van der Waals surface area (Å²) < 4.78 is 4.95. The lowest BCUT2D eigenvalue weighted by molar-refractivity contribution is -0.148. The van der Waals surface area contributed by atoms with Crippen molar-refractivity contribution in [1.29, 1.82) is 0 Å². The van der Waals surface area contributed by atoms with Gasteiger partial charge in [0.1, 0.15) is 5.41 Å². The lowest BCUT2D eigenvalue weighted by atomic mass is 9.90. The van der Waals surface area contributed by atoms with Crippen LogP contribution in [-0.2, 0) is 20.9 Å². The maximum atomic E-state index is 12.8. The van der Waals surface area contributed by atoms with Gasteiger partial charge in [0.25, 0.3) is 0 Å². The highest BCUT2D eigenvalue weighted by atomic mass is 16.5. The molecular weight excluding hydrogens is 292 g/mol. The molecule has 0 saturated carbocycles. The molecule has 0 unspecified atom stereocenters. The van der Waals surface area contributed by atoms with Crippen LogP contribution in [0.25, 0.3) is 0 Å². The number of nitrogens with zero attached hydrogens (tertiary/aromatic N) is 1. The summed E-state index contributed by atoms with van der Waals surface area (Å²) in [5, 5.41) is 2.82. The van der Waals surface area contributed by atoms with Crippen LogP contribution in [0.5, 0.6) is 0 Å². The molecule has 5 heteroatoms. The van der Waals surface area contributed by atoms with Crippen molar-refractivity contribution < 1.29 is 14.3 Å². The standard InChI is InChI=1S/C18H28N2O3/c1-5-20(14-15-10-7-6-8-11-15)17(22)18(2,3)16(21)19-12-9-13-23-4/h6-8,10-11H,5,9,12-14H2,1-4H3,(H,19,21). The Morgan fingerprint density at radius 3 is 2.43 bits per heavy atom. The second-order valence-electron chi connectivity index (χ2n) is 6.03. The van der Waals surface area contributed by atoms with Crippen molar-refractivity contribution in [3.63, 3.8) is 0 Å². The van der Waals surface area contributed by atoms with Crippen LogP contribution in [0.2, 0.25) is 0 Å². The first-order valence-electron chi connectivity index (χ1n) is 8.04. The summed E-state index contributed by atoms with van der Waals surface area (Å²) in [4.78, 5) is 26.8. The van der Waals surface area contributed by atoms with Crippen LogP contribution in [-0.4, -0.2) is 43.5 Å². The maximum Gasteiger partial charge on any atom is 0.237 e. The van der Waals surface area contributed by atoms with Crippen molar-refractivity contribution in [3.05, 3.63) is 35.9 Å². The summed E-state index contributed by atoms with van der Waals surface area (Å²) in [6.07, 6.45) is 0.730. The molecule has 0 aliphatic rings.